The Bertz CT molecular complexity index is 604. The van der Waals surface area contributed by atoms with Crippen LogP contribution in [0.4, 0.5) is 0 Å². The molecule has 0 spiro atoms. The molecule has 4 nitrogen and oxygen atoms in total. The molecule has 1 aromatic heterocycles. The van der Waals surface area contributed by atoms with Crippen molar-refractivity contribution in [2.24, 2.45) is 0 Å². The van der Waals surface area contributed by atoms with E-state index in [9.17, 15) is 5.11 Å². The van der Waals surface area contributed by atoms with E-state index in [2.05, 4.69) is 4.98 Å². The van der Waals surface area contributed by atoms with Crippen molar-refractivity contribution in [1.82, 2.24) is 4.98 Å². The van der Waals surface area contributed by atoms with E-state index in [0.717, 1.165) is 6.42 Å². The summed E-state index contributed by atoms with van der Waals surface area (Å²) in [4.78, 5) is 4.10. The van der Waals surface area contributed by atoms with E-state index in [0.29, 0.717) is 34.3 Å². The number of methoxy groups -OCH3 is 1. The normalized spacial score (nSPS) is 12.0. The fourth-order valence-electron chi connectivity index (χ4n) is 1.93. The third-order valence-electron chi connectivity index (χ3n) is 3.01. The summed E-state index contributed by atoms with van der Waals surface area (Å²) in [5, 5.41) is 10.9. The molecule has 0 saturated carbocycles. The predicted molar refractivity (Wildman–Crippen MR) is 82.1 cm³/mol. The molecule has 21 heavy (non-hydrogen) atoms. The van der Waals surface area contributed by atoms with E-state index in [1.165, 1.54) is 0 Å². The molecule has 0 radical (unpaired) electrons. The van der Waals surface area contributed by atoms with Gasteiger partial charge in [0.05, 0.1) is 24.9 Å². The summed E-state index contributed by atoms with van der Waals surface area (Å²) in [6.45, 7) is 2.65. The molecular weight excluding hydrogens is 290 g/mol. The van der Waals surface area contributed by atoms with E-state index in [1.54, 1.807) is 43.8 Å². The van der Waals surface area contributed by atoms with Crippen molar-refractivity contribution in [2.45, 2.75) is 19.4 Å². The van der Waals surface area contributed by atoms with Gasteiger partial charge in [-0.25, -0.2) is 0 Å². The molecule has 2 aromatic rings. The van der Waals surface area contributed by atoms with Gasteiger partial charge in [-0.3, -0.25) is 4.98 Å². The number of hydrogen-bond acceptors (Lipinski definition) is 4. The highest BCUT2D eigenvalue weighted by atomic mass is 35.5. The third kappa shape index (κ3) is 3.86. The standard InChI is InChI=1S/C16H18ClNO3/c1-3-6-21-13-7-12(9-18-10-13)16(19)11-4-5-15(20-2)14(17)8-11/h4-5,7-10,16,19H,3,6H2,1-2H3. The second-order valence-electron chi connectivity index (χ2n) is 4.60. The van der Waals surface area contributed by atoms with Gasteiger partial charge in [0.15, 0.2) is 0 Å². The van der Waals surface area contributed by atoms with Crippen LogP contribution in [0.15, 0.2) is 36.7 Å². The first-order valence-electron chi connectivity index (χ1n) is 6.75. The highest BCUT2D eigenvalue weighted by Gasteiger charge is 2.14. The van der Waals surface area contributed by atoms with Crippen LogP contribution in [-0.4, -0.2) is 23.8 Å². The van der Waals surface area contributed by atoms with E-state index >= 15 is 0 Å². The van der Waals surface area contributed by atoms with Crippen LogP contribution in [0.25, 0.3) is 0 Å². The van der Waals surface area contributed by atoms with E-state index in [-0.39, 0.29) is 0 Å². The zero-order valence-corrected chi connectivity index (χ0v) is 12.8. The Morgan fingerprint density at radius 2 is 2.05 bits per heavy atom. The molecule has 0 aliphatic heterocycles. The number of aliphatic hydroxyl groups excluding tert-OH is 1. The number of halogens is 1. The summed E-state index contributed by atoms with van der Waals surface area (Å²) in [6.07, 6.45) is 3.35. The monoisotopic (exact) mass is 307 g/mol. The predicted octanol–water partition coefficient (Wildman–Crippen LogP) is 3.61. The Morgan fingerprint density at radius 1 is 1.24 bits per heavy atom. The molecule has 1 N–H and O–H groups in total. The molecule has 0 aliphatic carbocycles. The lowest BCUT2D eigenvalue weighted by atomic mass is 10.0. The van der Waals surface area contributed by atoms with Gasteiger partial charge in [-0.1, -0.05) is 24.6 Å². The highest BCUT2D eigenvalue weighted by molar-refractivity contribution is 6.32. The van der Waals surface area contributed by atoms with Gasteiger partial charge in [-0.05, 0) is 30.2 Å². The third-order valence-corrected chi connectivity index (χ3v) is 3.31. The molecule has 0 bridgehead atoms. The first-order chi connectivity index (χ1) is 10.2. The number of nitrogens with zero attached hydrogens (tertiary/aromatic N) is 1. The Morgan fingerprint density at radius 3 is 2.71 bits per heavy atom. The quantitative estimate of drug-likeness (QED) is 0.885. The Hall–Kier alpha value is -1.78. The second kappa shape index (κ2) is 7.29. The average molecular weight is 308 g/mol. The summed E-state index contributed by atoms with van der Waals surface area (Å²) < 4.78 is 10.6. The molecule has 0 amide bonds. The van der Waals surface area contributed by atoms with Crippen molar-refractivity contribution in [3.63, 3.8) is 0 Å². The van der Waals surface area contributed by atoms with Crippen LogP contribution in [0.3, 0.4) is 0 Å². The smallest absolute Gasteiger partial charge is 0.137 e. The van der Waals surface area contributed by atoms with E-state index < -0.39 is 6.10 Å². The zero-order valence-electron chi connectivity index (χ0n) is 12.0. The van der Waals surface area contributed by atoms with Crippen molar-refractivity contribution in [3.05, 3.63) is 52.8 Å². The van der Waals surface area contributed by atoms with Crippen LogP contribution in [0.1, 0.15) is 30.6 Å². The minimum atomic E-state index is -0.814. The average Bonchev–Trinajstić information content (AvgIpc) is 2.52. The zero-order chi connectivity index (χ0) is 15.2. The molecule has 1 unspecified atom stereocenters. The number of ether oxygens (including phenoxy) is 2. The van der Waals surface area contributed by atoms with E-state index in [4.69, 9.17) is 21.1 Å². The molecule has 1 heterocycles. The lowest BCUT2D eigenvalue weighted by molar-refractivity contribution is 0.218. The van der Waals surface area contributed by atoms with Crippen LogP contribution in [0, 0.1) is 0 Å². The molecule has 0 fully saturated rings. The number of hydrogen-bond donors (Lipinski definition) is 1. The maximum Gasteiger partial charge on any atom is 0.137 e. The highest BCUT2D eigenvalue weighted by Crippen LogP contribution is 2.30. The molecule has 1 atom stereocenters. The molecular formula is C16H18ClNO3. The van der Waals surface area contributed by atoms with Crippen molar-refractivity contribution in [3.8, 4) is 11.5 Å². The largest absolute Gasteiger partial charge is 0.495 e. The molecule has 0 saturated heterocycles. The van der Waals surface area contributed by atoms with E-state index in [1.807, 2.05) is 6.92 Å². The van der Waals surface area contributed by atoms with Crippen molar-refractivity contribution >= 4 is 11.6 Å². The van der Waals surface area contributed by atoms with Gasteiger partial charge in [0.25, 0.3) is 0 Å². The van der Waals surface area contributed by atoms with Crippen LogP contribution in [-0.2, 0) is 0 Å². The maximum atomic E-state index is 10.4. The number of rotatable bonds is 6. The summed E-state index contributed by atoms with van der Waals surface area (Å²) in [6, 6.07) is 6.97. The van der Waals surface area contributed by atoms with Crippen molar-refractivity contribution < 1.29 is 14.6 Å². The van der Waals surface area contributed by atoms with Gasteiger partial charge in [0.2, 0.25) is 0 Å². The van der Waals surface area contributed by atoms with Gasteiger partial charge < -0.3 is 14.6 Å². The Balaban J connectivity index is 2.22. The number of pyridine rings is 1. The molecule has 2 rings (SSSR count). The second-order valence-corrected chi connectivity index (χ2v) is 5.01. The lowest BCUT2D eigenvalue weighted by Crippen LogP contribution is -2.02. The van der Waals surface area contributed by atoms with Crippen LogP contribution in [0.2, 0.25) is 5.02 Å². The Labute approximate surface area is 129 Å². The number of benzene rings is 1. The minimum Gasteiger partial charge on any atom is -0.495 e. The SMILES string of the molecule is CCCOc1cncc(C(O)c2ccc(OC)c(Cl)c2)c1. The molecule has 1 aromatic carbocycles. The minimum absolute atomic E-state index is 0.459. The number of aromatic nitrogens is 1. The van der Waals surface area contributed by atoms with Gasteiger partial charge in [-0.2, -0.15) is 0 Å². The summed E-state index contributed by atoms with van der Waals surface area (Å²) >= 11 is 6.08. The fourth-order valence-corrected chi connectivity index (χ4v) is 2.20. The van der Waals surface area contributed by atoms with Gasteiger partial charge in [-0.15, -0.1) is 0 Å². The lowest BCUT2D eigenvalue weighted by Gasteiger charge is -2.14. The molecule has 0 aliphatic rings. The van der Waals surface area contributed by atoms with Crippen molar-refractivity contribution in [2.75, 3.05) is 13.7 Å². The first kappa shape index (κ1) is 15.6. The van der Waals surface area contributed by atoms with Crippen molar-refractivity contribution in [1.29, 1.82) is 0 Å². The van der Waals surface area contributed by atoms with Gasteiger partial charge >= 0.3 is 0 Å². The summed E-state index contributed by atoms with van der Waals surface area (Å²) in [5.74, 6) is 1.22. The summed E-state index contributed by atoms with van der Waals surface area (Å²) in [5.41, 5.74) is 1.33. The molecule has 5 heteroatoms. The van der Waals surface area contributed by atoms with Crippen LogP contribution in [0.5, 0.6) is 11.5 Å². The Kier molecular flexibility index (Phi) is 5.42. The fraction of sp³-hybridized carbons (Fsp3) is 0.312. The summed E-state index contributed by atoms with van der Waals surface area (Å²) in [7, 11) is 1.55. The molecule has 112 valence electrons. The first-order valence-corrected chi connectivity index (χ1v) is 7.12. The van der Waals surface area contributed by atoms with Gasteiger partial charge in [0.1, 0.15) is 17.6 Å². The number of aliphatic hydroxyl groups is 1. The topological polar surface area (TPSA) is 51.6 Å². The maximum absolute atomic E-state index is 10.4. The van der Waals surface area contributed by atoms with Gasteiger partial charge in [0, 0.05) is 11.8 Å². The van der Waals surface area contributed by atoms with Crippen LogP contribution < -0.4 is 9.47 Å². The van der Waals surface area contributed by atoms with Crippen LogP contribution >= 0.6 is 11.6 Å².